The maximum absolute atomic E-state index is 4.84. The Morgan fingerprint density at radius 2 is 1.26 bits per heavy atom. The molecule has 0 bridgehead atoms. The van der Waals surface area contributed by atoms with E-state index in [1.54, 1.807) is 0 Å². The quantitative estimate of drug-likeness (QED) is 0.875. The van der Waals surface area contributed by atoms with Crippen LogP contribution in [0.3, 0.4) is 0 Å². The second-order valence-electron chi connectivity index (χ2n) is 7.78. The van der Waals surface area contributed by atoms with E-state index in [-0.39, 0.29) is 0 Å². The summed E-state index contributed by atoms with van der Waals surface area (Å²) in [6.07, 6.45) is 7.45. The van der Waals surface area contributed by atoms with E-state index in [9.17, 15) is 0 Å². The molecule has 0 aliphatic carbocycles. The summed E-state index contributed by atoms with van der Waals surface area (Å²) in [5, 5.41) is 3.42. The molecule has 0 saturated carbocycles. The molecule has 4 rings (SSSR count). The zero-order valence-corrected chi connectivity index (χ0v) is 16.5. The topological polar surface area (TPSA) is 57.2 Å². The van der Waals surface area contributed by atoms with E-state index in [1.165, 1.54) is 49.7 Å². The van der Waals surface area contributed by atoms with Gasteiger partial charge in [0.15, 0.2) is 0 Å². The van der Waals surface area contributed by atoms with Gasteiger partial charge in [-0.2, -0.15) is 15.0 Å². The molecule has 27 heavy (non-hydrogen) atoms. The Bertz CT molecular complexity index is 742. The van der Waals surface area contributed by atoms with Crippen molar-refractivity contribution in [3.63, 3.8) is 0 Å². The molecular weight excluding hydrogens is 336 g/mol. The van der Waals surface area contributed by atoms with Crippen LogP contribution in [0.4, 0.5) is 23.5 Å². The molecule has 1 N–H and O–H groups in total. The number of anilines is 4. The van der Waals surface area contributed by atoms with E-state index in [2.05, 4.69) is 47.2 Å². The van der Waals surface area contributed by atoms with Crippen LogP contribution >= 0.6 is 0 Å². The summed E-state index contributed by atoms with van der Waals surface area (Å²) < 4.78 is 0. The molecule has 6 nitrogen and oxygen atoms in total. The van der Waals surface area contributed by atoms with Crippen LogP contribution in [0.25, 0.3) is 0 Å². The average molecular weight is 367 g/mol. The van der Waals surface area contributed by atoms with E-state index in [0.717, 1.165) is 43.8 Å². The third-order valence-electron chi connectivity index (χ3n) is 5.65. The van der Waals surface area contributed by atoms with Crippen molar-refractivity contribution in [3.8, 4) is 0 Å². The highest BCUT2D eigenvalue weighted by atomic mass is 15.4. The molecule has 2 aliphatic heterocycles. The smallest absolute Gasteiger partial charge is 0.233 e. The Balaban J connectivity index is 1.64. The molecule has 1 aromatic carbocycles. The largest absolute Gasteiger partial charge is 0.341 e. The van der Waals surface area contributed by atoms with E-state index in [1.807, 2.05) is 0 Å². The molecule has 2 saturated heterocycles. The maximum atomic E-state index is 4.84. The van der Waals surface area contributed by atoms with Gasteiger partial charge < -0.3 is 15.1 Å². The lowest BCUT2D eigenvalue weighted by Gasteiger charge is -2.30. The number of nitrogens with one attached hydrogen (secondary N) is 1. The number of aryl methyl sites for hydroxylation is 2. The van der Waals surface area contributed by atoms with E-state index < -0.39 is 0 Å². The van der Waals surface area contributed by atoms with Crippen LogP contribution in [0, 0.1) is 13.8 Å². The first-order valence-corrected chi connectivity index (χ1v) is 10.3. The molecule has 6 heteroatoms. The minimum Gasteiger partial charge on any atom is -0.341 e. The zero-order valence-electron chi connectivity index (χ0n) is 16.5. The summed E-state index contributed by atoms with van der Waals surface area (Å²) in [5.74, 6) is 2.28. The molecule has 144 valence electrons. The van der Waals surface area contributed by atoms with Crippen LogP contribution in [0.5, 0.6) is 0 Å². The summed E-state index contributed by atoms with van der Waals surface area (Å²) in [6.45, 7) is 8.40. The van der Waals surface area contributed by atoms with Gasteiger partial charge in [-0.05, 0) is 75.6 Å². The van der Waals surface area contributed by atoms with Gasteiger partial charge in [-0.3, -0.25) is 0 Å². The van der Waals surface area contributed by atoms with E-state index in [0.29, 0.717) is 5.95 Å². The first-order valence-electron chi connectivity index (χ1n) is 10.3. The Morgan fingerprint density at radius 3 is 1.78 bits per heavy atom. The molecule has 3 heterocycles. The number of hydrogen-bond donors (Lipinski definition) is 1. The van der Waals surface area contributed by atoms with Crippen molar-refractivity contribution in [2.75, 3.05) is 41.3 Å². The molecular formula is C21H30N6. The Hall–Kier alpha value is -2.37. The molecule has 0 unspecified atom stereocenters. The van der Waals surface area contributed by atoms with Gasteiger partial charge in [-0.25, -0.2) is 0 Å². The van der Waals surface area contributed by atoms with Gasteiger partial charge in [-0.15, -0.1) is 0 Å². The van der Waals surface area contributed by atoms with Gasteiger partial charge in [0.25, 0.3) is 0 Å². The van der Waals surface area contributed by atoms with Crippen LogP contribution < -0.4 is 15.1 Å². The second kappa shape index (κ2) is 8.11. The lowest BCUT2D eigenvalue weighted by Crippen LogP contribution is -2.34. The van der Waals surface area contributed by atoms with Crippen molar-refractivity contribution in [2.45, 2.75) is 52.4 Å². The Kier molecular flexibility index (Phi) is 5.41. The highest BCUT2D eigenvalue weighted by Crippen LogP contribution is 2.24. The Labute approximate surface area is 162 Å². The lowest BCUT2D eigenvalue weighted by atomic mass is 10.1. The third-order valence-corrected chi connectivity index (χ3v) is 5.65. The van der Waals surface area contributed by atoms with Crippen LogP contribution in [-0.4, -0.2) is 41.1 Å². The summed E-state index contributed by atoms with van der Waals surface area (Å²) in [5.41, 5.74) is 3.58. The predicted molar refractivity (Wildman–Crippen MR) is 111 cm³/mol. The molecule has 0 amide bonds. The van der Waals surface area contributed by atoms with Gasteiger partial charge in [-0.1, -0.05) is 6.07 Å². The minimum absolute atomic E-state index is 0.648. The standard InChI is InChI=1S/C21H30N6/c1-16-9-10-18(15-17(16)2)22-19-23-20(26-11-5-3-6-12-26)25-21(24-19)27-13-7-4-8-14-27/h9-10,15H,3-8,11-14H2,1-2H3,(H,22,23,24,25). The number of nitrogens with zero attached hydrogens (tertiary/aromatic N) is 5. The number of aromatic nitrogens is 3. The summed E-state index contributed by atoms with van der Waals surface area (Å²) >= 11 is 0. The predicted octanol–water partition coefficient (Wildman–Crippen LogP) is 4.21. The first-order chi connectivity index (χ1) is 13.2. The van der Waals surface area contributed by atoms with E-state index >= 15 is 0 Å². The molecule has 2 aromatic rings. The zero-order chi connectivity index (χ0) is 18.6. The van der Waals surface area contributed by atoms with Gasteiger partial charge in [0, 0.05) is 31.9 Å². The maximum Gasteiger partial charge on any atom is 0.233 e. The highest BCUT2D eigenvalue weighted by molar-refractivity contribution is 5.58. The molecule has 1 aromatic heterocycles. The van der Waals surface area contributed by atoms with Crippen molar-refractivity contribution >= 4 is 23.5 Å². The van der Waals surface area contributed by atoms with Crippen molar-refractivity contribution < 1.29 is 0 Å². The number of benzene rings is 1. The van der Waals surface area contributed by atoms with Gasteiger partial charge in [0.05, 0.1) is 0 Å². The van der Waals surface area contributed by atoms with Gasteiger partial charge in [0.2, 0.25) is 17.8 Å². The van der Waals surface area contributed by atoms with Crippen molar-refractivity contribution in [3.05, 3.63) is 29.3 Å². The SMILES string of the molecule is Cc1ccc(Nc2nc(N3CCCCC3)nc(N3CCCCC3)n2)cc1C. The second-order valence-corrected chi connectivity index (χ2v) is 7.78. The number of piperidine rings is 2. The Morgan fingerprint density at radius 1 is 0.704 bits per heavy atom. The minimum atomic E-state index is 0.648. The molecule has 0 spiro atoms. The fourth-order valence-electron chi connectivity index (χ4n) is 3.83. The molecule has 0 radical (unpaired) electrons. The average Bonchev–Trinajstić information content (AvgIpc) is 2.72. The number of hydrogen-bond acceptors (Lipinski definition) is 6. The molecule has 2 fully saturated rings. The molecule has 0 atom stereocenters. The van der Waals surface area contributed by atoms with E-state index in [4.69, 9.17) is 15.0 Å². The highest BCUT2D eigenvalue weighted by Gasteiger charge is 2.20. The summed E-state index contributed by atoms with van der Waals surface area (Å²) in [7, 11) is 0. The van der Waals surface area contributed by atoms with Crippen molar-refractivity contribution in [1.29, 1.82) is 0 Å². The van der Waals surface area contributed by atoms with Gasteiger partial charge in [0.1, 0.15) is 0 Å². The lowest BCUT2D eigenvalue weighted by molar-refractivity contribution is 0.556. The fraction of sp³-hybridized carbons (Fsp3) is 0.571. The van der Waals surface area contributed by atoms with Crippen LogP contribution in [0.1, 0.15) is 49.7 Å². The van der Waals surface area contributed by atoms with Crippen molar-refractivity contribution in [2.24, 2.45) is 0 Å². The summed E-state index contributed by atoms with van der Waals surface area (Å²) in [4.78, 5) is 19.0. The van der Waals surface area contributed by atoms with Gasteiger partial charge >= 0.3 is 0 Å². The third kappa shape index (κ3) is 4.31. The summed E-state index contributed by atoms with van der Waals surface area (Å²) in [6, 6.07) is 6.38. The monoisotopic (exact) mass is 366 g/mol. The first kappa shape index (κ1) is 18.0. The fourth-order valence-corrected chi connectivity index (χ4v) is 3.83. The van der Waals surface area contributed by atoms with Crippen LogP contribution in [-0.2, 0) is 0 Å². The number of rotatable bonds is 4. The van der Waals surface area contributed by atoms with Crippen molar-refractivity contribution in [1.82, 2.24) is 15.0 Å². The normalized spacial score (nSPS) is 17.9. The van der Waals surface area contributed by atoms with Crippen LogP contribution in [0.2, 0.25) is 0 Å². The molecule has 2 aliphatic rings. The van der Waals surface area contributed by atoms with Crippen LogP contribution in [0.15, 0.2) is 18.2 Å².